The van der Waals surface area contributed by atoms with E-state index in [-0.39, 0.29) is 18.4 Å². The first-order valence-electron chi connectivity index (χ1n) is 9.78. The topological polar surface area (TPSA) is 82.1 Å². The Labute approximate surface area is 159 Å². The summed E-state index contributed by atoms with van der Waals surface area (Å²) in [4.78, 5) is 29.5. The Morgan fingerprint density at radius 2 is 1.93 bits per heavy atom. The van der Waals surface area contributed by atoms with Crippen LogP contribution in [0.3, 0.4) is 0 Å². The number of carbonyl (C=O) groups excluding carboxylic acids is 2. The predicted octanol–water partition coefficient (Wildman–Crippen LogP) is 0.626. The van der Waals surface area contributed by atoms with Crippen LogP contribution in [0.15, 0.2) is 24.3 Å². The van der Waals surface area contributed by atoms with Crippen LogP contribution in [0, 0.1) is 5.41 Å². The van der Waals surface area contributed by atoms with Gasteiger partial charge in [0.1, 0.15) is 0 Å². The van der Waals surface area contributed by atoms with Gasteiger partial charge in [0.25, 0.3) is 5.91 Å². The maximum atomic E-state index is 13.0. The minimum absolute atomic E-state index is 0.0758. The van der Waals surface area contributed by atoms with Crippen LogP contribution < -0.4 is 10.2 Å². The molecule has 0 bridgehead atoms. The summed E-state index contributed by atoms with van der Waals surface area (Å²) < 4.78 is 5.38. The van der Waals surface area contributed by atoms with Crippen LogP contribution in [-0.2, 0) is 9.53 Å². The maximum Gasteiger partial charge on any atom is 0.253 e. The molecule has 3 fully saturated rings. The Hall–Kier alpha value is -2.12. The van der Waals surface area contributed by atoms with Crippen molar-refractivity contribution < 1.29 is 19.4 Å². The third kappa shape index (κ3) is 3.41. The number of benzene rings is 1. The lowest BCUT2D eigenvalue weighted by atomic mass is 9.71. The van der Waals surface area contributed by atoms with E-state index in [1.807, 2.05) is 24.3 Å². The molecule has 1 spiro atoms. The van der Waals surface area contributed by atoms with Gasteiger partial charge in [-0.3, -0.25) is 9.59 Å². The Bertz CT molecular complexity index is 702. The Morgan fingerprint density at radius 1 is 1.19 bits per heavy atom. The van der Waals surface area contributed by atoms with E-state index in [1.54, 1.807) is 4.90 Å². The van der Waals surface area contributed by atoms with Gasteiger partial charge in [-0.1, -0.05) is 0 Å². The van der Waals surface area contributed by atoms with Gasteiger partial charge in [0, 0.05) is 44.0 Å². The number of aliphatic hydroxyl groups is 1. The largest absolute Gasteiger partial charge is 0.392 e. The van der Waals surface area contributed by atoms with Gasteiger partial charge in [-0.2, -0.15) is 0 Å². The molecule has 1 aromatic carbocycles. The van der Waals surface area contributed by atoms with E-state index in [4.69, 9.17) is 4.74 Å². The average Bonchev–Trinajstić information content (AvgIpc) is 2.72. The van der Waals surface area contributed by atoms with E-state index in [0.29, 0.717) is 31.5 Å². The highest BCUT2D eigenvalue weighted by Gasteiger charge is 2.50. The van der Waals surface area contributed by atoms with E-state index >= 15 is 0 Å². The van der Waals surface area contributed by atoms with Crippen molar-refractivity contribution in [3.63, 3.8) is 0 Å². The minimum Gasteiger partial charge on any atom is -0.392 e. The summed E-state index contributed by atoms with van der Waals surface area (Å²) in [6.45, 7) is 4.56. The van der Waals surface area contributed by atoms with Crippen molar-refractivity contribution in [3.05, 3.63) is 29.8 Å². The number of likely N-dealkylation sites (tertiary alicyclic amines) is 1. The number of nitrogens with one attached hydrogen (secondary N) is 1. The number of hydrogen-bond acceptors (Lipinski definition) is 5. The monoisotopic (exact) mass is 373 g/mol. The third-order valence-corrected chi connectivity index (χ3v) is 6.10. The van der Waals surface area contributed by atoms with Gasteiger partial charge in [-0.15, -0.1) is 0 Å². The maximum absolute atomic E-state index is 13.0. The van der Waals surface area contributed by atoms with Gasteiger partial charge < -0.3 is 25.0 Å². The molecule has 0 aliphatic carbocycles. The highest BCUT2D eigenvalue weighted by molar-refractivity contribution is 5.95. The fourth-order valence-corrected chi connectivity index (χ4v) is 4.44. The van der Waals surface area contributed by atoms with Crippen molar-refractivity contribution in [2.24, 2.45) is 5.41 Å². The van der Waals surface area contributed by atoms with Gasteiger partial charge in [-0.05, 0) is 43.5 Å². The second kappa shape index (κ2) is 7.48. The molecule has 0 unspecified atom stereocenters. The van der Waals surface area contributed by atoms with Crippen molar-refractivity contribution in [3.8, 4) is 0 Å². The van der Waals surface area contributed by atoms with Crippen LogP contribution in [0.4, 0.5) is 5.69 Å². The van der Waals surface area contributed by atoms with Crippen LogP contribution in [0.1, 0.15) is 29.6 Å². The van der Waals surface area contributed by atoms with E-state index in [0.717, 1.165) is 38.4 Å². The highest BCUT2D eigenvalue weighted by atomic mass is 16.5. The van der Waals surface area contributed by atoms with Gasteiger partial charge in [0.2, 0.25) is 5.91 Å². The average molecular weight is 373 g/mol. The third-order valence-electron chi connectivity index (χ3n) is 6.10. The zero-order valence-corrected chi connectivity index (χ0v) is 15.5. The molecule has 0 radical (unpaired) electrons. The number of nitrogens with zero attached hydrogens (tertiary/aromatic N) is 2. The van der Waals surface area contributed by atoms with Crippen LogP contribution in [-0.4, -0.2) is 73.9 Å². The predicted molar refractivity (Wildman–Crippen MR) is 101 cm³/mol. The summed E-state index contributed by atoms with van der Waals surface area (Å²) in [6.07, 6.45) is 1.20. The zero-order valence-electron chi connectivity index (χ0n) is 15.5. The van der Waals surface area contributed by atoms with Gasteiger partial charge in [-0.25, -0.2) is 0 Å². The zero-order chi connectivity index (χ0) is 18.9. The number of anilines is 1. The molecule has 27 heavy (non-hydrogen) atoms. The lowest BCUT2D eigenvalue weighted by Crippen LogP contribution is -2.62. The van der Waals surface area contributed by atoms with Crippen molar-refractivity contribution >= 4 is 17.5 Å². The normalized spacial score (nSPS) is 28.9. The molecule has 0 saturated carbocycles. The molecule has 0 aromatic heterocycles. The standard InChI is InChI=1S/C20H27N3O4/c24-17-6-9-23(14-20(17)7-1-8-21-19(20)26)18(25)15-2-4-16(5-3-15)22-10-12-27-13-11-22/h2-5,17,24H,1,6-14H2,(H,21,26)/t17-,20-/m1/s1. The lowest BCUT2D eigenvalue weighted by molar-refractivity contribution is -0.147. The molecule has 146 valence electrons. The van der Waals surface area contributed by atoms with E-state index in [9.17, 15) is 14.7 Å². The number of piperidine rings is 2. The molecular weight excluding hydrogens is 346 g/mol. The highest BCUT2D eigenvalue weighted by Crippen LogP contribution is 2.37. The molecular formula is C20H27N3O4. The Balaban J connectivity index is 1.48. The number of ether oxygens (including phenoxy) is 1. The summed E-state index contributed by atoms with van der Waals surface area (Å²) in [5, 5.41) is 13.4. The fraction of sp³-hybridized carbons (Fsp3) is 0.600. The van der Waals surface area contributed by atoms with Crippen molar-refractivity contribution in [1.82, 2.24) is 10.2 Å². The quantitative estimate of drug-likeness (QED) is 0.795. The van der Waals surface area contributed by atoms with Gasteiger partial charge in [0.15, 0.2) is 0 Å². The second-order valence-electron chi connectivity index (χ2n) is 7.69. The first-order chi connectivity index (χ1) is 13.1. The van der Waals surface area contributed by atoms with Gasteiger partial charge in [0.05, 0.1) is 24.7 Å². The molecule has 2 amide bonds. The summed E-state index contributed by atoms with van der Waals surface area (Å²) in [6, 6.07) is 7.65. The minimum atomic E-state index is -0.861. The smallest absolute Gasteiger partial charge is 0.253 e. The van der Waals surface area contributed by atoms with E-state index in [2.05, 4.69) is 10.2 Å². The Kier molecular flexibility index (Phi) is 5.06. The van der Waals surface area contributed by atoms with Gasteiger partial charge >= 0.3 is 0 Å². The second-order valence-corrected chi connectivity index (χ2v) is 7.69. The van der Waals surface area contributed by atoms with Crippen molar-refractivity contribution in [2.75, 3.05) is 50.8 Å². The van der Waals surface area contributed by atoms with Crippen molar-refractivity contribution in [1.29, 1.82) is 0 Å². The number of morpholine rings is 1. The first kappa shape index (κ1) is 18.3. The Morgan fingerprint density at radius 3 is 2.63 bits per heavy atom. The molecule has 1 aromatic rings. The molecule has 2 N–H and O–H groups in total. The molecule has 7 nitrogen and oxygen atoms in total. The van der Waals surface area contributed by atoms with E-state index < -0.39 is 11.5 Å². The number of carbonyl (C=O) groups is 2. The molecule has 3 aliphatic heterocycles. The van der Waals surface area contributed by atoms with Crippen LogP contribution in [0.25, 0.3) is 0 Å². The summed E-state index contributed by atoms with van der Waals surface area (Å²) in [5.74, 6) is -0.199. The van der Waals surface area contributed by atoms with Crippen molar-refractivity contribution in [2.45, 2.75) is 25.4 Å². The number of amides is 2. The summed E-state index contributed by atoms with van der Waals surface area (Å²) in [7, 11) is 0. The number of aliphatic hydroxyl groups excluding tert-OH is 1. The fourth-order valence-electron chi connectivity index (χ4n) is 4.44. The lowest BCUT2D eigenvalue weighted by Gasteiger charge is -2.46. The number of hydrogen-bond donors (Lipinski definition) is 2. The van der Waals surface area contributed by atoms with Crippen LogP contribution in [0.5, 0.6) is 0 Å². The molecule has 7 heteroatoms. The first-order valence-corrected chi connectivity index (χ1v) is 9.78. The molecule has 3 saturated heterocycles. The summed E-state index contributed by atoms with van der Waals surface area (Å²) in [5.41, 5.74) is 0.849. The van der Waals surface area contributed by atoms with Crippen LogP contribution >= 0.6 is 0 Å². The molecule has 2 atom stereocenters. The molecule has 3 aliphatic rings. The SMILES string of the molecule is O=C(c1ccc(N2CCOCC2)cc1)N1CC[C@@H](O)[C@@]2(CCCNC2=O)C1. The number of rotatable bonds is 2. The molecule has 4 rings (SSSR count). The van der Waals surface area contributed by atoms with E-state index in [1.165, 1.54) is 0 Å². The summed E-state index contributed by atoms with van der Waals surface area (Å²) >= 11 is 0. The van der Waals surface area contributed by atoms with Crippen LogP contribution in [0.2, 0.25) is 0 Å². The molecule has 3 heterocycles.